The largest absolute Gasteiger partial charge is 0.492 e. The summed E-state index contributed by atoms with van der Waals surface area (Å²) < 4.78 is 5.76. The van der Waals surface area contributed by atoms with Crippen LogP contribution in [0.5, 0.6) is 5.75 Å². The van der Waals surface area contributed by atoms with Crippen LogP contribution in [-0.4, -0.2) is 30.2 Å². The summed E-state index contributed by atoms with van der Waals surface area (Å²) in [6, 6.07) is 9.33. The Labute approximate surface area is 108 Å². The first-order valence-electron chi connectivity index (χ1n) is 6.27. The molecule has 0 amide bonds. The van der Waals surface area contributed by atoms with Crippen molar-refractivity contribution >= 4 is 11.8 Å². The molecule has 3 heteroatoms. The minimum Gasteiger partial charge on any atom is -0.492 e. The van der Waals surface area contributed by atoms with Crippen molar-refractivity contribution in [1.29, 1.82) is 0 Å². The summed E-state index contributed by atoms with van der Waals surface area (Å²) in [5, 5.41) is 3.61. The Morgan fingerprint density at radius 3 is 2.82 bits per heavy atom. The number of nitrogens with one attached hydrogen (secondary N) is 1. The van der Waals surface area contributed by atoms with Crippen LogP contribution in [0.1, 0.15) is 18.9 Å². The van der Waals surface area contributed by atoms with Crippen LogP contribution in [0.25, 0.3) is 0 Å². The second-order valence-electron chi connectivity index (χ2n) is 4.75. The minimum atomic E-state index is 0.417. The van der Waals surface area contributed by atoms with Crippen molar-refractivity contribution in [3.05, 3.63) is 29.8 Å². The average molecular weight is 251 g/mol. The van der Waals surface area contributed by atoms with Crippen molar-refractivity contribution in [2.75, 3.05) is 18.1 Å². The van der Waals surface area contributed by atoms with Gasteiger partial charge in [-0.25, -0.2) is 0 Å². The third-order valence-electron chi connectivity index (χ3n) is 2.97. The number of rotatable bonds is 5. The first-order chi connectivity index (χ1) is 8.24. The van der Waals surface area contributed by atoms with E-state index in [0.29, 0.717) is 12.1 Å². The third-order valence-corrected chi connectivity index (χ3v) is 4.13. The molecule has 0 saturated carbocycles. The fourth-order valence-electron chi connectivity index (χ4n) is 1.97. The van der Waals surface area contributed by atoms with Crippen molar-refractivity contribution in [1.82, 2.24) is 5.32 Å². The molecular weight excluding hydrogens is 230 g/mol. The van der Waals surface area contributed by atoms with Crippen LogP contribution < -0.4 is 10.1 Å². The van der Waals surface area contributed by atoms with Gasteiger partial charge in [0, 0.05) is 17.8 Å². The first kappa shape index (κ1) is 12.8. The molecule has 2 unspecified atom stereocenters. The van der Waals surface area contributed by atoms with E-state index in [2.05, 4.69) is 31.3 Å². The van der Waals surface area contributed by atoms with Crippen molar-refractivity contribution in [3.63, 3.8) is 0 Å². The van der Waals surface area contributed by atoms with E-state index in [9.17, 15) is 0 Å². The predicted molar refractivity (Wildman–Crippen MR) is 75.0 cm³/mol. The quantitative estimate of drug-likeness (QED) is 0.869. The van der Waals surface area contributed by atoms with Gasteiger partial charge >= 0.3 is 0 Å². The van der Waals surface area contributed by atoms with E-state index < -0.39 is 0 Å². The standard InChI is InChI=1S/C14H21NOS/c1-11-3-5-14(6-4-11)16-9-12(2)15-13-7-8-17-10-13/h3-6,12-13,15H,7-10H2,1-2H3. The number of hydrogen-bond acceptors (Lipinski definition) is 3. The number of ether oxygens (including phenoxy) is 1. The van der Waals surface area contributed by atoms with Crippen LogP contribution in [0.2, 0.25) is 0 Å². The molecule has 1 N–H and O–H groups in total. The molecule has 94 valence electrons. The van der Waals surface area contributed by atoms with Crippen molar-refractivity contribution < 1.29 is 4.74 Å². The zero-order chi connectivity index (χ0) is 12.1. The molecule has 1 saturated heterocycles. The van der Waals surface area contributed by atoms with E-state index in [-0.39, 0.29) is 0 Å². The highest BCUT2D eigenvalue weighted by Crippen LogP contribution is 2.17. The van der Waals surface area contributed by atoms with Crippen molar-refractivity contribution in [2.45, 2.75) is 32.4 Å². The first-order valence-corrected chi connectivity index (χ1v) is 7.43. The minimum absolute atomic E-state index is 0.417. The zero-order valence-corrected chi connectivity index (χ0v) is 11.4. The summed E-state index contributed by atoms with van der Waals surface area (Å²) in [6.07, 6.45) is 1.29. The summed E-state index contributed by atoms with van der Waals surface area (Å²) in [5.74, 6) is 3.50. The highest BCUT2D eigenvalue weighted by atomic mass is 32.2. The Balaban J connectivity index is 1.71. The van der Waals surface area contributed by atoms with Gasteiger partial charge in [-0.1, -0.05) is 17.7 Å². The summed E-state index contributed by atoms with van der Waals surface area (Å²) in [7, 11) is 0. The van der Waals surface area contributed by atoms with Crippen LogP contribution in [0.3, 0.4) is 0 Å². The second-order valence-corrected chi connectivity index (χ2v) is 5.90. The molecular formula is C14H21NOS. The SMILES string of the molecule is Cc1ccc(OCC(C)NC2CCSC2)cc1. The van der Waals surface area contributed by atoms with E-state index in [1.54, 1.807) is 0 Å². The maximum atomic E-state index is 5.76. The molecule has 0 bridgehead atoms. The molecule has 0 aliphatic carbocycles. The highest BCUT2D eigenvalue weighted by Gasteiger charge is 2.17. The van der Waals surface area contributed by atoms with E-state index in [4.69, 9.17) is 4.74 Å². The normalized spacial score (nSPS) is 21.4. The molecule has 17 heavy (non-hydrogen) atoms. The van der Waals surface area contributed by atoms with Gasteiger partial charge in [0.05, 0.1) is 0 Å². The lowest BCUT2D eigenvalue weighted by Crippen LogP contribution is -2.39. The Bertz CT molecular complexity index is 333. The fraction of sp³-hybridized carbons (Fsp3) is 0.571. The molecule has 1 aliphatic heterocycles. The molecule has 0 spiro atoms. The maximum Gasteiger partial charge on any atom is 0.119 e. The average Bonchev–Trinajstić information content (AvgIpc) is 2.81. The smallest absolute Gasteiger partial charge is 0.119 e. The summed E-state index contributed by atoms with van der Waals surface area (Å²) >= 11 is 2.04. The summed E-state index contributed by atoms with van der Waals surface area (Å²) in [5.41, 5.74) is 1.27. The predicted octanol–water partition coefficient (Wildman–Crippen LogP) is 2.86. The Kier molecular flexibility index (Phi) is 4.75. The van der Waals surface area contributed by atoms with Crippen LogP contribution >= 0.6 is 11.8 Å². The lowest BCUT2D eigenvalue weighted by Gasteiger charge is -2.19. The van der Waals surface area contributed by atoms with Crippen molar-refractivity contribution in [2.24, 2.45) is 0 Å². The molecule has 2 nitrogen and oxygen atoms in total. The van der Waals surface area contributed by atoms with E-state index in [1.807, 2.05) is 23.9 Å². The molecule has 1 aromatic rings. The molecule has 1 fully saturated rings. The van der Waals surface area contributed by atoms with Gasteiger partial charge in [-0.2, -0.15) is 11.8 Å². The zero-order valence-electron chi connectivity index (χ0n) is 10.6. The third kappa shape index (κ3) is 4.25. The van der Waals surface area contributed by atoms with Gasteiger partial charge in [0.15, 0.2) is 0 Å². The Hall–Kier alpha value is -0.670. The maximum absolute atomic E-state index is 5.76. The molecule has 2 atom stereocenters. The van der Waals surface area contributed by atoms with E-state index in [0.717, 1.165) is 12.4 Å². The number of aryl methyl sites for hydroxylation is 1. The second kappa shape index (κ2) is 6.31. The van der Waals surface area contributed by atoms with E-state index >= 15 is 0 Å². The lowest BCUT2D eigenvalue weighted by atomic mass is 10.2. The topological polar surface area (TPSA) is 21.3 Å². The van der Waals surface area contributed by atoms with Crippen LogP contribution in [0, 0.1) is 6.92 Å². The van der Waals surface area contributed by atoms with E-state index in [1.165, 1.54) is 23.5 Å². The van der Waals surface area contributed by atoms with Gasteiger partial charge in [0.2, 0.25) is 0 Å². The highest BCUT2D eigenvalue weighted by molar-refractivity contribution is 7.99. The van der Waals surface area contributed by atoms with Gasteiger partial charge in [0.25, 0.3) is 0 Å². The number of thioether (sulfide) groups is 1. The number of benzene rings is 1. The van der Waals surface area contributed by atoms with Gasteiger partial charge in [-0.3, -0.25) is 0 Å². The van der Waals surface area contributed by atoms with Gasteiger partial charge < -0.3 is 10.1 Å². The monoisotopic (exact) mass is 251 g/mol. The molecule has 2 rings (SSSR count). The lowest BCUT2D eigenvalue weighted by molar-refractivity contribution is 0.264. The molecule has 1 heterocycles. The Morgan fingerprint density at radius 1 is 1.41 bits per heavy atom. The fourth-order valence-corrected chi connectivity index (χ4v) is 3.14. The van der Waals surface area contributed by atoms with Crippen molar-refractivity contribution in [3.8, 4) is 5.75 Å². The van der Waals surface area contributed by atoms with Gasteiger partial charge in [-0.05, 0) is 38.2 Å². The number of hydrogen-bond donors (Lipinski definition) is 1. The van der Waals surface area contributed by atoms with Crippen LogP contribution in [-0.2, 0) is 0 Å². The van der Waals surface area contributed by atoms with Gasteiger partial charge in [-0.15, -0.1) is 0 Å². The van der Waals surface area contributed by atoms with Crippen LogP contribution in [0.15, 0.2) is 24.3 Å². The summed E-state index contributed by atoms with van der Waals surface area (Å²) in [6.45, 7) is 5.02. The van der Waals surface area contributed by atoms with Gasteiger partial charge in [0.1, 0.15) is 12.4 Å². The Morgan fingerprint density at radius 2 is 2.18 bits per heavy atom. The molecule has 1 aromatic carbocycles. The molecule has 0 radical (unpaired) electrons. The van der Waals surface area contributed by atoms with Crippen LogP contribution in [0.4, 0.5) is 0 Å². The summed E-state index contributed by atoms with van der Waals surface area (Å²) in [4.78, 5) is 0. The molecule has 1 aliphatic rings. The molecule has 0 aromatic heterocycles.